The van der Waals surface area contributed by atoms with E-state index < -0.39 is 17.7 Å². The van der Waals surface area contributed by atoms with Crippen molar-refractivity contribution >= 4 is 5.97 Å². The number of tetrazole rings is 1. The lowest BCUT2D eigenvalue weighted by atomic mass is 10.1. The second-order valence-electron chi connectivity index (χ2n) is 5.97. The Labute approximate surface area is 166 Å². The van der Waals surface area contributed by atoms with Crippen LogP contribution in [0, 0.1) is 0 Å². The van der Waals surface area contributed by atoms with Crippen LogP contribution in [-0.4, -0.2) is 36.3 Å². The maximum atomic E-state index is 12.6. The molecule has 0 amide bonds. The van der Waals surface area contributed by atoms with Crippen molar-refractivity contribution in [3.8, 4) is 17.1 Å². The fraction of sp³-hybridized carbons (Fsp3) is 0.111. The zero-order valence-corrected chi connectivity index (χ0v) is 14.9. The van der Waals surface area contributed by atoms with Gasteiger partial charge in [0.2, 0.25) is 5.82 Å². The van der Waals surface area contributed by atoms with Crippen molar-refractivity contribution < 1.29 is 27.2 Å². The predicted molar refractivity (Wildman–Crippen MR) is 93.0 cm³/mol. The second kappa shape index (κ2) is 7.73. The Morgan fingerprint density at radius 1 is 1.13 bits per heavy atom. The van der Waals surface area contributed by atoms with E-state index in [0.29, 0.717) is 11.3 Å². The molecule has 0 saturated carbocycles. The SMILES string of the molecule is O=C(OCc1nc(-c2ccc(C(F)(F)F)cc2)no1)c1cccc(-n2cnnn2)c1. The highest BCUT2D eigenvalue weighted by molar-refractivity contribution is 5.90. The smallest absolute Gasteiger partial charge is 0.416 e. The minimum absolute atomic E-state index is 0.00474. The lowest BCUT2D eigenvalue weighted by Crippen LogP contribution is -2.06. The lowest BCUT2D eigenvalue weighted by Gasteiger charge is -2.05. The van der Waals surface area contributed by atoms with E-state index in [1.54, 1.807) is 24.3 Å². The molecular weight excluding hydrogens is 405 g/mol. The third-order valence-electron chi connectivity index (χ3n) is 3.96. The van der Waals surface area contributed by atoms with Gasteiger partial charge in [-0.05, 0) is 40.8 Å². The molecule has 4 aromatic rings. The molecule has 0 N–H and O–H groups in total. The number of rotatable bonds is 5. The maximum absolute atomic E-state index is 12.6. The summed E-state index contributed by atoms with van der Waals surface area (Å²) in [6.45, 7) is -0.304. The minimum Gasteiger partial charge on any atom is -0.452 e. The Morgan fingerprint density at radius 3 is 2.63 bits per heavy atom. The van der Waals surface area contributed by atoms with Crippen LogP contribution in [0.4, 0.5) is 13.2 Å². The van der Waals surface area contributed by atoms with Gasteiger partial charge in [0, 0.05) is 5.56 Å². The molecule has 152 valence electrons. The number of alkyl halides is 3. The first-order chi connectivity index (χ1) is 14.4. The average molecular weight is 416 g/mol. The third kappa shape index (κ3) is 4.16. The fourth-order valence-corrected chi connectivity index (χ4v) is 2.50. The standard InChI is InChI=1S/C18H11F3N6O3/c19-18(20,21)13-6-4-11(5-7-13)16-23-15(30-24-16)9-29-17(28)12-2-1-3-14(8-12)27-10-22-25-26-27/h1-8,10H,9H2. The highest BCUT2D eigenvalue weighted by Crippen LogP contribution is 2.30. The Morgan fingerprint density at radius 2 is 1.93 bits per heavy atom. The van der Waals surface area contributed by atoms with Crippen LogP contribution in [0.2, 0.25) is 0 Å². The van der Waals surface area contributed by atoms with E-state index in [1.165, 1.54) is 23.1 Å². The zero-order chi connectivity index (χ0) is 21.1. The van der Waals surface area contributed by atoms with E-state index in [1.807, 2.05) is 0 Å². The number of aromatic nitrogens is 6. The van der Waals surface area contributed by atoms with E-state index in [2.05, 4.69) is 25.7 Å². The van der Waals surface area contributed by atoms with Crippen LogP contribution < -0.4 is 0 Å². The quantitative estimate of drug-likeness (QED) is 0.457. The van der Waals surface area contributed by atoms with Gasteiger partial charge in [0.1, 0.15) is 6.33 Å². The topological polar surface area (TPSA) is 109 Å². The monoisotopic (exact) mass is 416 g/mol. The van der Waals surface area contributed by atoms with Gasteiger partial charge in [-0.3, -0.25) is 0 Å². The van der Waals surface area contributed by atoms with Crippen molar-refractivity contribution in [1.82, 2.24) is 30.3 Å². The molecule has 0 radical (unpaired) electrons. The first-order valence-corrected chi connectivity index (χ1v) is 8.41. The van der Waals surface area contributed by atoms with Gasteiger partial charge in [-0.2, -0.15) is 18.2 Å². The van der Waals surface area contributed by atoms with Gasteiger partial charge in [-0.15, -0.1) is 5.10 Å². The molecule has 0 aliphatic rings. The molecule has 30 heavy (non-hydrogen) atoms. The summed E-state index contributed by atoms with van der Waals surface area (Å²) < 4.78 is 49.4. The second-order valence-corrected chi connectivity index (χ2v) is 5.97. The summed E-state index contributed by atoms with van der Waals surface area (Å²) >= 11 is 0. The first kappa shape index (κ1) is 19.2. The van der Waals surface area contributed by atoms with Crippen molar-refractivity contribution in [3.05, 3.63) is 71.9 Å². The number of carbonyl (C=O) groups excluding carboxylic acids is 1. The molecule has 0 fully saturated rings. The van der Waals surface area contributed by atoms with Crippen LogP contribution in [0.3, 0.4) is 0 Å². The molecule has 0 atom stereocenters. The molecule has 2 aromatic carbocycles. The Kier molecular flexibility index (Phi) is 4.96. The molecule has 0 unspecified atom stereocenters. The van der Waals surface area contributed by atoms with Crippen LogP contribution in [0.25, 0.3) is 17.1 Å². The third-order valence-corrected chi connectivity index (χ3v) is 3.96. The van der Waals surface area contributed by atoms with Gasteiger partial charge in [0.25, 0.3) is 5.89 Å². The minimum atomic E-state index is -4.43. The highest BCUT2D eigenvalue weighted by atomic mass is 19.4. The van der Waals surface area contributed by atoms with Gasteiger partial charge in [-0.1, -0.05) is 23.4 Å². The van der Waals surface area contributed by atoms with Gasteiger partial charge >= 0.3 is 12.1 Å². The number of esters is 1. The zero-order valence-electron chi connectivity index (χ0n) is 14.9. The molecule has 0 aliphatic heterocycles. The van der Waals surface area contributed by atoms with Gasteiger partial charge in [0.15, 0.2) is 6.61 Å². The average Bonchev–Trinajstić information content (AvgIpc) is 3.44. The van der Waals surface area contributed by atoms with Crippen molar-refractivity contribution in [2.45, 2.75) is 12.8 Å². The first-order valence-electron chi connectivity index (χ1n) is 8.41. The number of carbonyl (C=O) groups is 1. The van der Waals surface area contributed by atoms with Crippen LogP contribution in [0.5, 0.6) is 0 Å². The fourth-order valence-electron chi connectivity index (χ4n) is 2.50. The van der Waals surface area contributed by atoms with Gasteiger partial charge in [0.05, 0.1) is 16.8 Å². The van der Waals surface area contributed by atoms with Gasteiger partial charge in [-0.25, -0.2) is 9.48 Å². The van der Waals surface area contributed by atoms with E-state index in [9.17, 15) is 18.0 Å². The molecule has 2 heterocycles. The van der Waals surface area contributed by atoms with Crippen molar-refractivity contribution in [2.24, 2.45) is 0 Å². The summed E-state index contributed by atoms with van der Waals surface area (Å²) in [6.07, 6.45) is -3.05. The summed E-state index contributed by atoms with van der Waals surface area (Å²) in [6, 6.07) is 10.7. The van der Waals surface area contributed by atoms with E-state index in [4.69, 9.17) is 9.26 Å². The van der Waals surface area contributed by atoms with Crippen LogP contribution in [0.1, 0.15) is 21.8 Å². The van der Waals surface area contributed by atoms with E-state index >= 15 is 0 Å². The largest absolute Gasteiger partial charge is 0.452 e. The predicted octanol–water partition coefficient (Wildman–Crippen LogP) is 3.09. The Hall–Kier alpha value is -4.09. The van der Waals surface area contributed by atoms with Crippen LogP contribution in [0.15, 0.2) is 59.4 Å². The number of ether oxygens (including phenoxy) is 1. The normalized spacial score (nSPS) is 11.4. The van der Waals surface area contributed by atoms with Crippen LogP contribution >= 0.6 is 0 Å². The molecule has 0 spiro atoms. The molecule has 0 aliphatic carbocycles. The number of hydrogen-bond acceptors (Lipinski definition) is 8. The summed E-state index contributed by atoms with van der Waals surface area (Å²) in [5.41, 5.74) is 0.369. The molecule has 2 aromatic heterocycles. The van der Waals surface area contributed by atoms with Gasteiger partial charge < -0.3 is 9.26 Å². The number of benzene rings is 2. The molecule has 4 rings (SSSR count). The summed E-state index contributed by atoms with van der Waals surface area (Å²) in [4.78, 5) is 16.3. The highest BCUT2D eigenvalue weighted by Gasteiger charge is 2.30. The van der Waals surface area contributed by atoms with Crippen molar-refractivity contribution in [2.75, 3.05) is 0 Å². The van der Waals surface area contributed by atoms with Crippen LogP contribution in [-0.2, 0) is 17.5 Å². The van der Waals surface area contributed by atoms with Crippen molar-refractivity contribution in [1.29, 1.82) is 0 Å². The number of nitrogens with zero attached hydrogens (tertiary/aromatic N) is 6. The van der Waals surface area contributed by atoms with Crippen molar-refractivity contribution in [3.63, 3.8) is 0 Å². The molecule has 0 bridgehead atoms. The molecule has 12 heteroatoms. The molecule has 0 saturated heterocycles. The number of hydrogen-bond donors (Lipinski definition) is 0. The Bertz CT molecular complexity index is 1160. The molecular formula is C18H11F3N6O3. The van der Waals surface area contributed by atoms with E-state index in [0.717, 1.165) is 12.1 Å². The summed E-state index contributed by atoms with van der Waals surface area (Å²) in [5.74, 6) is -0.565. The Balaban J connectivity index is 1.41. The molecule has 9 nitrogen and oxygen atoms in total. The maximum Gasteiger partial charge on any atom is 0.416 e. The summed E-state index contributed by atoms with van der Waals surface area (Å²) in [5, 5.41) is 14.5. The lowest BCUT2D eigenvalue weighted by molar-refractivity contribution is -0.137. The van der Waals surface area contributed by atoms with E-state index in [-0.39, 0.29) is 23.9 Å². The number of halogens is 3. The summed E-state index contributed by atoms with van der Waals surface area (Å²) in [7, 11) is 0.